The first-order chi connectivity index (χ1) is 6.81. The van der Waals surface area contributed by atoms with Crippen LogP contribution < -0.4 is 0 Å². The predicted octanol–water partition coefficient (Wildman–Crippen LogP) is 1.75. The second kappa shape index (κ2) is 6.07. The third kappa shape index (κ3) is 5.74. The van der Waals surface area contributed by atoms with Crippen LogP contribution in [0.4, 0.5) is 4.39 Å². The van der Waals surface area contributed by atoms with Gasteiger partial charge in [-0.25, -0.2) is 17.6 Å². The molecule has 0 rings (SSSR count). The summed E-state index contributed by atoms with van der Waals surface area (Å²) < 4.78 is 38.8. The molecular weight excluding hydrogens is 247 g/mol. The minimum absolute atomic E-state index is 0.116. The van der Waals surface area contributed by atoms with Gasteiger partial charge in [0.2, 0.25) is 9.05 Å². The van der Waals surface area contributed by atoms with Gasteiger partial charge in [0.25, 0.3) is 0 Å². The number of hydrogen-bond acceptors (Lipinski definition) is 4. The summed E-state index contributed by atoms with van der Waals surface area (Å²) in [5.41, 5.74) is -0.274. The maximum absolute atomic E-state index is 13.3. The highest BCUT2D eigenvalue weighted by atomic mass is 35.7. The number of rotatable bonds is 5. The van der Waals surface area contributed by atoms with E-state index in [0.29, 0.717) is 6.42 Å². The Balaban J connectivity index is 5.00. The molecule has 0 heterocycles. The molecule has 15 heavy (non-hydrogen) atoms. The lowest BCUT2D eigenvalue weighted by molar-refractivity contribution is -0.136. The zero-order chi connectivity index (χ0) is 12.1. The van der Waals surface area contributed by atoms with Gasteiger partial charge in [-0.15, -0.1) is 0 Å². The van der Waals surface area contributed by atoms with Crippen molar-refractivity contribution < 1.29 is 22.3 Å². The zero-order valence-electron chi connectivity index (χ0n) is 8.42. The van der Waals surface area contributed by atoms with Crippen LogP contribution in [0.3, 0.4) is 0 Å². The highest BCUT2D eigenvalue weighted by Gasteiger charge is 2.19. The second-order valence-electron chi connectivity index (χ2n) is 2.81. The van der Waals surface area contributed by atoms with E-state index in [9.17, 15) is 17.6 Å². The summed E-state index contributed by atoms with van der Waals surface area (Å²) >= 11 is 0. The smallest absolute Gasteiger partial charge is 0.336 e. The molecule has 0 aromatic heterocycles. The van der Waals surface area contributed by atoms with Crippen molar-refractivity contribution in [3.63, 3.8) is 0 Å². The average molecular weight is 259 g/mol. The van der Waals surface area contributed by atoms with Gasteiger partial charge in [-0.3, -0.25) is 0 Å². The van der Waals surface area contributed by atoms with Gasteiger partial charge < -0.3 is 4.74 Å². The van der Waals surface area contributed by atoms with Gasteiger partial charge in [-0.2, -0.15) is 0 Å². The molecule has 7 heteroatoms. The zero-order valence-corrected chi connectivity index (χ0v) is 9.99. The predicted molar refractivity (Wildman–Crippen MR) is 54.7 cm³/mol. The van der Waals surface area contributed by atoms with Crippen LogP contribution in [-0.2, 0) is 18.6 Å². The van der Waals surface area contributed by atoms with Gasteiger partial charge in [0.05, 0.1) is 12.7 Å². The van der Waals surface area contributed by atoms with Crippen LogP contribution in [0, 0.1) is 0 Å². The first-order valence-electron chi connectivity index (χ1n) is 4.20. The third-order valence-corrected chi connectivity index (χ3v) is 2.48. The molecule has 0 aromatic rings. The summed E-state index contributed by atoms with van der Waals surface area (Å²) in [5, 5.41) is 0. The van der Waals surface area contributed by atoms with Crippen molar-refractivity contribution in [2.75, 3.05) is 12.9 Å². The molecule has 0 aliphatic rings. The van der Waals surface area contributed by atoms with E-state index in [1.54, 1.807) is 6.92 Å². The fourth-order valence-corrected chi connectivity index (χ4v) is 1.72. The molecule has 0 aromatic carbocycles. The van der Waals surface area contributed by atoms with Gasteiger partial charge >= 0.3 is 5.97 Å². The number of esters is 1. The molecule has 0 aliphatic carbocycles. The van der Waals surface area contributed by atoms with Crippen molar-refractivity contribution in [1.82, 2.24) is 0 Å². The Morgan fingerprint density at radius 2 is 2.00 bits per heavy atom. The van der Waals surface area contributed by atoms with Gasteiger partial charge in [0.1, 0.15) is 11.6 Å². The first kappa shape index (κ1) is 14.4. The molecule has 0 saturated carbocycles. The Morgan fingerprint density at radius 3 is 2.33 bits per heavy atom. The molecule has 0 aliphatic heterocycles. The van der Waals surface area contributed by atoms with E-state index in [0.717, 1.165) is 7.11 Å². The standard InChI is InChI=1S/C8H12ClFO4S/c1-3-4-6(8(11)14-2)7(10)5-15(9,12)13/h3-5H2,1-2H3/b7-6-. The maximum atomic E-state index is 13.3. The van der Waals surface area contributed by atoms with Crippen molar-refractivity contribution in [3.05, 3.63) is 11.4 Å². The molecule has 0 atom stereocenters. The molecular formula is C8H12ClFO4S. The van der Waals surface area contributed by atoms with Crippen molar-refractivity contribution >= 4 is 25.7 Å². The summed E-state index contributed by atoms with van der Waals surface area (Å²) in [7, 11) is 1.97. The summed E-state index contributed by atoms with van der Waals surface area (Å²) in [4.78, 5) is 11.1. The molecule has 0 N–H and O–H groups in total. The Bertz CT molecular complexity index is 361. The number of ether oxygens (including phenoxy) is 1. The minimum atomic E-state index is -4.00. The molecule has 0 radical (unpaired) electrons. The van der Waals surface area contributed by atoms with Crippen molar-refractivity contribution in [2.24, 2.45) is 0 Å². The Labute approximate surface area is 92.5 Å². The lowest BCUT2D eigenvalue weighted by Crippen LogP contribution is -2.10. The van der Waals surface area contributed by atoms with Gasteiger partial charge in [0.15, 0.2) is 0 Å². The molecule has 0 spiro atoms. The molecule has 88 valence electrons. The van der Waals surface area contributed by atoms with E-state index in [2.05, 4.69) is 4.74 Å². The number of carbonyl (C=O) groups is 1. The van der Waals surface area contributed by atoms with Crippen molar-refractivity contribution in [1.29, 1.82) is 0 Å². The number of carbonyl (C=O) groups excluding carboxylic acids is 1. The Morgan fingerprint density at radius 1 is 1.47 bits per heavy atom. The third-order valence-electron chi connectivity index (χ3n) is 1.56. The molecule has 4 nitrogen and oxygen atoms in total. The normalized spacial score (nSPS) is 13.3. The van der Waals surface area contributed by atoms with E-state index in [-0.39, 0.29) is 12.0 Å². The first-order valence-corrected chi connectivity index (χ1v) is 6.67. The quantitative estimate of drug-likeness (QED) is 0.428. The SMILES string of the molecule is CCC/C(C(=O)OC)=C(/F)CS(=O)(=O)Cl. The fraction of sp³-hybridized carbons (Fsp3) is 0.625. The highest BCUT2D eigenvalue weighted by Crippen LogP contribution is 2.17. The molecule has 0 saturated heterocycles. The fourth-order valence-electron chi connectivity index (χ4n) is 0.960. The lowest BCUT2D eigenvalue weighted by Gasteiger charge is -2.05. The number of hydrogen-bond donors (Lipinski definition) is 0. The molecule has 0 amide bonds. The van der Waals surface area contributed by atoms with Crippen LogP contribution in [0.5, 0.6) is 0 Å². The number of halogens is 2. The summed E-state index contributed by atoms with van der Waals surface area (Å²) in [6.07, 6.45) is 0.616. The average Bonchev–Trinajstić information content (AvgIpc) is 2.10. The summed E-state index contributed by atoms with van der Waals surface area (Å²) in [6, 6.07) is 0. The monoisotopic (exact) mass is 258 g/mol. The second-order valence-corrected chi connectivity index (χ2v) is 5.59. The Hall–Kier alpha value is -0.620. The van der Waals surface area contributed by atoms with Crippen LogP contribution in [0.15, 0.2) is 11.4 Å². The van der Waals surface area contributed by atoms with E-state index in [1.165, 1.54) is 0 Å². The maximum Gasteiger partial charge on any atom is 0.336 e. The highest BCUT2D eigenvalue weighted by molar-refractivity contribution is 8.13. The van der Waals surface area contributed by atoms with E-state index in [4.69, 9.17) is 10.7 Å². The van der Waals surface area contributed by atoms with E-state index >= 15 is 0 Å². The molecule has 0 unspecified atom stereocenters. The van der Waals surface area contributed by atoms with E-state index < -0.39 is 26.6 Å². The van der Waals surface area contributed by atoms with Gasteiger partial charge in [-0.1, -0.05) is 13.3 Å². The van der Waals surface area contributed by atoms with Crippen molar-refractivity contribution in [3.8, 4) is 0 Å². The largest absolute Gasteiger partial charge is 0.466 e. The molecule has 0 fully saturated rings. The van der Waals surface area contributed by atoms with Crippen molar-refractivity contribution in [2.45, 2.75) is 19.8 Å². The Kier molecular flexibility index (Phi) is 5.82. The summed E-state index contributed by atoms with van der Waals surface area (Å²) in [6.45, 7) is 1.73. The van der Waals surface area contributed by atoms with Crippen LogP contribution in [0.2, 0.25) is 0 Å². The van der Waals surface area contributed by atoms with Gasteiger partial charge in [-0.05, 0) is 6.42 Å². The van der Waals surface area contributed by atoms with Crippen LogP contribution in [0.25, 0.3) is 0 Å². The summed E-state index contributed by atoms with van der Waals surface area (Å²) in [5.74, 6) is -2.91. The minimum Gasteiger partial charge on any atom is -0.466 e. The molecule has 0 bridgehead atoms. The lowest BCUT2D eigenvalue weighted by atomic mass is 10.1. The number of methoxy groups -OCH3 is 1. The van der Waals surface area contributed by atoms with E-state index in [1.807, 2.05) is 0 Å². The van der Waals surface area contributed by atoms with Crippen LogP contribution in [-0.4, -0.2) is 27.2 Å². The topological polar surface area (TPSA) is 60.4 Å². The van der Waals surface area contributed by atoms with Crippen LogP contribution in [0.1, 0.15) is 19.8 Å². The van der Waals surface area contributed by atoms with Gasteiger partial charge in [0, 0.05) is 10.7 Å². The van der Waals surface area contributed by atoms with Crippen LogP contribution >= 0.6 is 10.7 Å².